The average Bonchev–Trinajstić information content (AvgIpc) is 3.35. The summed E-state index contributed by atoms with van der Waals surface area (Å²) in [6, 6.07) is 5.14. The van der Waals surface area contributed by atoms with Crippen LogP contribution in [0.15, 0.2) is 28.9 Å². The molecule has 0 bridgehead atoms. The van der Waals surface area contributed by atoms with Crippen LogP contribution < -0.4 is 16.1 Å². The molecule has 2 aromatic heterocycles. The topological polar surface area (TPSA) is 127 Å². The van der Waals surface area contributed by atoms with Crippen LogP contribution >= 0.6 is 11.1 Å². The molecule has 1 aromatic carbocycles. The Bertz CT molecular complexity index is 1110. The summed E-state index contributed by atoms with van der Waals surface area (Å²) in [5, 5.41) is 16.9. The van der Waals surface area contributed by atoms with E-state index in [1.54, 1.807) is 40.3 Å². The SMILES string of the molecule is Bc1ccc(Nc2n[s+]([O-])nc2N[C@H](CC)c2cc(C(C)C)co2)c(O)c1C(=O)N(C)C. The summed E-state index contributed by atoms with van der Waals surface area (Å²) in [7, 11) is 4.98. The third kappa shape index (κ3) is 4.89. The molecule has 0 radical (unpaired) electrons. The third-order valence-electron chi connectivity index (χ3n) is 5.19. The van der Waals surface area contributed by atoms with Gasteiger partial charge < -0.3 is 29.6 Å². The maximum atomic E-state index is 12.5. The zero-order chi connectivity index (χ0) is 23.6. The van der Waals surface area contributed by atoms with E-state index in [4.69, 9.17) is 4.42 Å². The number of carbonyl (C=O) groups excluding carboxylic acids is 1. The normalized spacial score (nSPS) is 12.7. The van der Waals surface area contributed by atoms with Crippen LogP contribution in [-0.2, 0) is 0 Å². The lowest BCUT2D eigenvalue weighted by Crippen LogP contribution is -2.28. The third-order valence-corrected chi connectivity index (χ3v) is 5.87. The minimum Gasteiger partial charge on any atom is -0.546 e. The standard InChI is InChI=1S/C21H28BN5O4S/c1-6-14(16-9-12(10-31-16)11(2)3)23-19-20(26-32(30)25-19)24-15-8-7-13(22)17(18(15)28)21(29)27(4)5/h7-11,14,28H,6,22H2,1-5H3,(H,23,25)(H,24,26)/t14-,32?/m1/s1. The van der Waals surface area contributed by atoms with Crippen LogP contribution in [0.3, 0.4) is 0 Å². The number of amides is 1. The molecular formula is C21H28BN5O4S. The van der Waals surface area contributed by atoms with Crippen molar-refractivity contribution >= 4 is 47.7 Å². The molecule has 1 amide bonds. The summed E-state index contributed by atoms with van der Waals surface area (Å²) in [6.07, 6.45) is 2.43. The first-order valence-electron chi connectivity index (χ1n) is 10.4. The second-order valence-corrected chi connectivity index (χ2v) is 8.96. The van der Waals surface area contributed by atoms with Gasteiger partial charge in [-0.05, 0) is 30.0 Å². The highest BCUT2D eigenvalue weighted by atomic mass is 32.2. The molecule has 3 N–H and O–H groups in total. The highest BCUT2D eigenvalue weighted by molar-refractivity contribution is 7.14. The fourth-order valence-corrected chi connectivity index (χ4v) is 3.87. The van der Waals surface area contributed by atoms with Gasteiger partial charge in [-0.1, -0.05) is 32.3 Å². The van der Waals surface area contributed by atoms with Crippen molar-refractivity contribution in [1.82, 2.24) is 13.6 Å². The van der Waals surface area contributed by atoms with E-state index in [-0.39, 0.29) is 40.6 Å². The predicted octanol–water partition coefficient (Wildman–Crippen LogP) is 2.89. The van der Waals surface area contributed by atoms with Crippen molar-refractivity contribution in [1.29, 1.82) is 0 Å². The molecule has 0 aliphatic heterocycles. The maximum absolute atomic E-state index is 12.5. The van der Waals surface area contributed by atoms with Gasteiger partial charge in [-0.2, -0.15) is 0 Å². The van der Waals surface area contributed by atoms with Crippen molar-refractivity contribution in [2.24, 2.45) is 0 Å². The van der Waals surface area contributed by atoms with E-state index in [0.29, 0.717) is 17.8 Å². The van der Waals surface area contributed by atoms with Gasteiger partial charge in [0.2, 0.25) is 11.6 Å². The fourth-order valence-electron chi connectivity index (χ4n) is 3.25. The molecule has 0 saturated heterocycles. The minimum absolute atomic E-state index is 0.189. The minimum atomic E-state index is -1.80. The van der Waals surface area contributed by atoms with Crippen LogP contribution in [0, 0.1) is 0 Å². The van der Waals surface area contributed by atoms with Crippen molar-refractivity contribution in [3.63, 3.8) is 0 Å². The number of aromatic nitrogens is 2. The van der Waals surface area contributed by atoms with Crippen LogP contribution in [-0.4, -0.2) is 51.2 Å². The van der Waals surface area contributed by atoms with Gasteiger partial charge >= 0.3 is 0 Å². The quantitative estimate of drug-likeness (QED) is 0.268. The zero-order valence-corrected chi connectivity index (χ0v) is 19.9. The zero-order valence-electron chi connectivity index (χ0n) is 19.1. The first kappa shape index (κ1) is 23.6. The van der Waals surface area contributed by atoms with Crippen LogP contribution in [0.4, 0.5) is 17.3 Å². The molecule has 32 heavy (non-hydrogen) atoms. The Kier molecular flexibility index (Phi) is 7.10. The van der Waals surface area contributed by atoms with E-state index < -0.39 is 11.1 Å². The number of aromatic hydroxyl groups is 1. The summed E-state index contributed by atoms with van der Waals surface area (Å²) in [4.78, 5) is 13.9. The van der Waals surface area contributed by atoms with E-state index in [1.807, 2.05) is 13.0 Å². The van der Waals surface area contributed by atoms with Crippen LogP contribution in [0.25, 0.3) is 0 Å². The van der Waals surface area contributed by atoms with E-state index in [0.717, 1.165) is 11.3 Å². The highest BCUT2D eigenvalue weighted by Crippen LogP contribution is 2.35. The van der Waals surface area contributed by atoms with E-state index in [1.165, 1.54) is 4.90 Å². The molecule has 0 aliphatic carbocycles. The molecule has 0 fully saturated rings. The second kappa shape index (κ2) is 9.62. The summed E-state index contributed by atoms with van der Waals surface area (Å²) >= 11 is -1.80. The van der Waals surface area contributed by atoms with Gasteiger partial charge in [-0.15, -0.1) is 0 Å². The van der Waals surface area contributed by atoms with Gasteiger partial charge in [-0.3, -0.25) is 4.79 Å². The van der Waals surface area contributed by atoms with Crippen molar-refractivity contribution in [3.8, 4) is 5.75 Å². The Balaban J connectivity index is 1.90. The number of nitrogens with zero attached hydrogens (tertiary/aromatic N) is 3. The van der Waals surface area contributed by atoms with Gasteiger partial charge in [0, 0.05) is 22.8 Å². The first-order chi connectivity index (χ1) is 15.1. The molecule has 3 rings (SSSR count). The molecule has 11 heteroatoms. The Hall–Kier alpha value is -3.05. The van der Waals surface area contributed by atoms with Crippen molar-refractivity contribution in [3.05, 3.63) is 41.3 Å². The van der Waals surface area contributed by atoms with Crippen molar-refractivity contribution < 1.29 is 18.9 Å². The lowest BCUT2D eigenvalue weighted by Gasteiger charge is -2.17. The number of phenolic OH excluding ortho intramolecular Hbond substituents is 1. The van der Waals surface area contributed by atoms with Crippen LogP contribution in [0.1, 0.15) is 60.8 Å². The number of benzene rings is 1. The number of hydrogen-bond acceptors (Lipinski definition) is 8. The van der Waals surface area contributed by atoms with Gasteiger partial charge in [0.25, 0.3) is 5.91 Å². The molecule has 1 unspecified atom stereocenters. The number of nitrogens with one attached hydrogen (secondary N) is 2. The Morgan fingerprint density at radius 2 is 2.00 bits per heavy atom. The lowest BCUT2D eigenvalue weighted by molar-refractivity contribution is 0.0826. The Labute approximate surface area is 191 Å². The molecule has 170 valence electrons. The maximum Gasteiger partial charge on any atom is 0.256 e. The van der Waals surface area contributed by atoms with Gasteiger partial charge in [0.15, 0.2) is 16.9 Å². The smallest absolute Gasteiger partial charge is 0.256 e. The van der Waals surface area contributed by atoms with Gasteiger partial charge in [-0.25, -0.2) is 0 Å². The monoisotopic (exact) mass is 457 g/mol. The molecule has 3 aromatic rings. The number of furan rings is 1. The van der Waals surface area contributed by atoms with E-state index in [9.17, 15) is 14.5 Å². The molecule has 9 nitrogen and oxygen atoms in total. The van der Waals surface area contributed by atoms with Gasteiger partial charge in [0.1, 0.15) is 13.6 Å². The molecule has 0 aliphatic rings. The van der Waals surface area contributed by atoms with Crippen molar-refractivity contribution in [2.75, 3.05) is 24.7 Å². The lowest BCUT2D eigenvalue weighted by atomic mass is 9.88. The number of hydrogen-bond donors (Lipinski definition) is 3. The number of carbonyl (C=O) groups is 1. The van der Waals surface area contributed by atoms with E-state index in [2.05, 4.69) is 33.2 Å². The summed E-state index contributed by atoms with van der Waals surface area (Å²) in [6.45, 7) is 6.17. The van der Waals surface area contributed by atoms with Gasteiger partial charge in [0.05, 0.1) is 23.6 Å². The predicted molar refractivity (Wildman–Crippen MR) is 128 cm³/mol. The molecule has 0 saturated carbocycles. The van der Waals surface area contributed by atoms with Crippen LogP contribution in [0.2, 0.25) is 0 Å². The Morgan fingerprint density at radius 3 is 2.59 bits per heavy atom. The largest absolute Gasteiger partial charge is 0.546 e. The van der Waals surface area contributed by atoms with Crippen LogP contribution in [0.5, 0.6) is 5.75 Å². The molecule has 2 atom stereocenters. The van der Waals surface area contributed by atoms with Crippen molar-refractivity contribution in [2.45, 2.75) is 39.2 Å². The molecular weight excluding hydrogens is 429 g/mol. The molecule has 0 spiro atoms. The highest BCUT2D eigenvalue weighted by Gasteiger charge is 2.24. The first-order valence-corrected chi connectivity index (χ1v) is 11.4. The number of anilines is 3. The summed E-state index contributed by atoms with van der Waals surface area (Å²) in [5.41, 5.74) is 2.18. The Morgan fingerprint density at radius 1 is 1.31 bits per heavy atom. The summed E-state index contributed by atoms with van der Waals surface area (Å²) < 4.78 is 25.9. The average molecular weight is 457 g/mol. The molecule has 2 heterocycles. The van der Waals surface area contributed by atoms with E-state index >= 15 is 0 Å². The fraction of sp³-hybridized carbons (Fsp3) is 0.381. The second-order valence-electron chi connectivity index (χ2n) is 8.13. The number of phenols is 1. The number of rotatable bonds is 8. The summed E-state index contributed by atoms with van der Waals surface area (Å²) in [5.74, 6) is 1.05.